The first-order valence-electron chi connectivity index (χ1n) is 11.3. The Kier molecular flexibility index (Phi) is 10.2. The van der Waals surface area contributed by atoms with Crippen LogP contribution in [0.2, 0.25) is 0 Å². The van der Waals surface area contributed by atoms with Crippen molar-refractivity contribution >= 4 is 41.2 Å². The van der Waals surface area contributed by atoms with Crippen molar-refractivity contribution in [1.29, 1.82) is 0 Å². The highest BCUT2D eigenvalue weighted by Gasteiger charge is 2.47. The van der Waals surface area contributed by atoms with Gasteiger partial charge in [0.15, 0.2) is 0 Å². The van der Waals surface area contributed by atoms with Crippen molar-refractivity contribution in [3.05, 3.63) is 0 Å². The number of ether oxygens (including phenoxy) is 1. The summed E-state index contributed by atoms with van der Waals surface area (Å²) in [6.45, 7) is 4.75. The number of hydrogen-bond donors (Lipinski definition) is 5. The van der Waals surface area contributed by atoms with Gasteiger partial charge in [-0.05, 0) is 50.3 Å². The lowest BCUT2D eigenvalue weighted by Crippen LogP contribution is -2.65. The third kappa shape index (κ3) is 6.68. The molecule has 0 saturated carbocycles. The molecule has 8 atom stereocenters. The van der Waals surface area contributed by atoms with Crippen LogP contribution >= 0.6 is 35.3 Å². The molecule has 7 nitrogen and oxygen atoms in total. The zero-order chi connectivity index (χ0) is 22.5. The van der Waals surface area contributed by atoms with Crippen molar-refractivity contribution in [3.63, 3.8) is 0 Å². The molecule has 3 heterocycles. The van der Waals surface area contributed by atoms with Crippen LogP contribution in [0.5, 0.6) is 0 Å². The molecule has 3 fully saturated rings. The van der Waals surface area contributed by atoms with E-state index in [2.05, 4.69) is 34.2 Å². The maximum atomic E-state index is 13.1. The molecule has 3 saturated heterocycles. The predicted molar refractivity (Wildman–Crippen MR) is 129 cm³/mol. The van der Waals surface area contributed by atoms with Gasteiger partial charge in [-0.25, -0.2) is 0 Å². The largest absolute Gasteiger partial charge is 0.388 e. The summed E-state index contributed by atoms with van der Waals surface area (Å²) in [6, 6.07) is -0.718. The Morgan fingerprint density at radius 2 is 1.87 bits per heavy atom. The first-order valence-corrected chi connectivity index (χ1v) is 14.7. The summed E-state index contributed by atoms with van der Waals surface area (Å²) < 4.78 is 6.63. The smallest absolute Gasteiger partial charge is 0.237 e. The summed E-state index contributed by atoms with van der Waals surface area (Å²) >= 11 is 5.40. The molecule has 0 radical (unpaired) electrons. The fourth-order valence-corrected chi connectivity index (χ4v) is 8.20. The van der Waals surface area contributed by atoms with Gasteiger partial charge in [0.1, 0.15) is 29.9 Å². The van der Waals surface area contributed by atoms with Crippen molar-refractivity contribution in [2.45, 2.75) is 86.0 Å². The van der Waals surface area contributed by atoms with Crippen LogP contribution in [0.25, 0.3) is 0 Å². The summed E-state index contributed by atoms with van der Waals surface area (Å²) in [5.74, 6) is 2.96. The lowest BCUT2D eigenvalue weighted by Gasteiger charge is -2.44. The lowest BCUT2D eigenvalue weighted by molar-refractivity contribution is -0.208. The van der Waals surface area contributed by atoms with Crippen LogP contribution in [0.1, 0.15) is 39.5 Å². The molecule has 0 aliphatic carbocycles. The highest BCUT2D eigenvalue weighted by molar-refractivity contribution is 8.20. The number of thioether (sulfide) groups is 3. The number of aliphatic hydroxyl groups excluding tert-OH is 3. The second-order valence-electron chi connectivity index (χ2n) is 9.10. The summed E-state index contributed by atoms with van der Waals surface area (Å²) in [7, 11) is 0. The van der Waals surface area contributed by atoms with Crippen molar-refractivity contribution in [2.24, 2.45) is 11.8 Å². The van der Waals surface area contributed by atoms with E-state index in [-0.39, 0.29) is 17.9 Å². The standard InChI is InChI=1S/C21H38N2O5S3/c1-11(2)15(19-17(25)16(24)18(26)21(28-19)29-3)23-20(27)13-10-12(6-7-22-13)4-5-14-30-8-9-31-14/h11-19,21-22,24-26H,4-10H2,1-3H3,(H,23,27)/t12-,13+,15-,16+,17-,18-,19-,21-/m1/s1. The van der Waals surface area contributed by atoms with Gasteiger partial charge in [-0.3, -0.25) is 4.79 Å². The molecule has 0 spiro atoms. The molecule has 180 valence electrons. The minimum Gasteiger partial charge on any atom is -0.388 e. The molecule has 10 heteroatoms. The summed E-state index contributed by atoms with van der Waals surface area (Å²) in [6.07, 6.45) is 1.56. The van der Waals surface area contributed by atoms with Crippen LogP contribution in [-0.2, 0) is 9.53 Å². The minimum absolute atomic E-state index is 0.00986. The first kappa shape index (κ1) is 25.9. The van der Waals surface area contributed by atoms with Gasteiger partial charge in [0.05, 0.1) is 16.7 Å². The number of nitrogens with one attached hydrogen (secondary N) is 2. The first-order chi connectivity index (χ1) is 14.8. The Morgan fingerprint density at radius 1 is 1.16 bits per heavy atom. The van der Waals surface area contributed by atoms with Gasteiger partial charge < -0.3 is 30.7 Å². The van der Waals surface area contributed by atoms with Crippen LogP contribution in [0.4, 0.5) is 0 Å². The fraction of sp³-hybridized carbons (Fsp3) is 0.952. The number of amides is 1. The van der Waals surface area contributed by atoms with E-state index >= 15 is 0 Å². The molecule has 3 rings (SSSR count). The average molecular weight is 495 g/mol. The van der Waals surface area contributed by atoms with Gasteiger partial charge in [-0.2, -0.15) is 0 Å². The Balaban J connectivity index is 1.58. The van der Waals surface area contributed by atoms with Gasteiger partial charge in [0.25, 0.3) is 0 Å². The molecule has 1 amide bonds. The maximum absolute atomic E-state index is 13.1. The number of carbonyl (C=O) groups excluding carboxylic acids is 1. The lowest BCUT2D eigenvalue weighted by atomic mass is 9.86. The van der Waals surface area contributed by atoms with E-state index in [0.29, 0.717) is 10.5 Å². The van der Waals surface area contributed by atoms with Crippen molar-refractivity contribution in [2.75, 3.05) is 24.3 Å². The third-order valence-electron chi connectivity index (χ3n) is 6.55. The third-order valence-corrected chi connectivity index (χ3v) is 10.6. The quantitative estimate of drug-likeness (QED) is 0.340. The zero-order valence-corrected chi connectivity index (χ0v) is 21.1. The average Bonchev–Trinajstić information content (AvgIpc) is 3.29. The van der Waals surface area contributed by atoms with E-state index in [1.54, 1.807) is 6.26 Å². The second-order valence-corrected chi connectivity index (χ2v) is 13.0. The Bertz CT molecular complexity index is 579. The summed E-state index contributed by atoms with van der Waals surface area (Å²) in [5.41, 5.74) is -0.648. The van der Waals surface area contributed by atoms with E-state index in [1.165, 1.54) is 29.7 Å². The molecule has 0 aromatic heterocycles. The number of hydrogen-bond acceptors (Lipinski definition) is 9. The van der Waals surface area contributed by atoms with Crippen LogP contribution in [0.15, 0.2) is 0 Å². The SMILES string of the molecule is CS[C@H]1O[C@H]([C@H](NC(=O)[C@@H]2C[C@H](CCC3SCCS3)CCN2)C(C)C)[C@H](O)[C@H](O)[C@H]1O. The van der Waals surface area contributed by atoms with Gasteiger partial charge in [-0.15, -0.1) is 35.3 Å². The molecule has 0 bridgehead atoms. The Labute approximate surface area is 198 Å². The van der Waals surface area contributed by atoms with E-state index in [0.717, 1.165) is 25.8 Å². The van der Waals surface area contributed by atoms with Crippen LogP contribution in [0.3, 0.4) is 0 Å². The van der Waals surface area contributed by atoms with Gasteiger partial charge in [-0.1, -0.05) is 13.8 Å². The van der Waals surface area contributed by atoms with Gasteiger partial charge in [0.2, 0.25) is 5.91 Å². The number of aliphatic hydroxyl groups is 3. The molecule has 0 unspecified atom stereocenters. The predicted octanol–water partition coefficient (Wildman–Crippen LogP) is 1.25. The highest BCUT2D eigenvalue weighted by atomic mass is 32.2. The molecule has 3 aliphatic heterocycles. The maximum Gasteiger partial charge on any atom is 0.237 e. The Hall–Kier alpha value is 0.320. The van der Waals surface area contributed by atoms with Gasteiger partial charge >= 0.3 is 0 Å². The minimum atomic E-state index is -1.31. The molecule has 0 aromatic carbocycles. The van der Waals surface area contributed by atoms with E-state index in [9.17, 15) is 20.1 Å². The molecular weight excluding hydrogens is 456 g/mol. The molecule has 0 aromatic rings. The van der Waals surface area contributed by atoms with Gasteiger partial charge in [0, 0.05) is 11.5 Å². The molecule has 5 N–H and O–H groups in total. The number of carbonyl (C=O) groups is 1. The van der Waals surface area contributed by atoms with Crippen molar-refractivity contribution < 1.29 is 24.9 Å². The fourth-order valence-electron chi connectivity index (χ4n) is 4.66. The van der Waals surface area contributed by atoms with E-state index < -0.39 is 35.9 Å². The van der Waals surface area contributed by atoms with Crippen LogP contribution in [-0.4, -0.2) is 92.1 Å². The van der Waals surface area contributed by atoms with E-state index in [1.807, 2.05) is 13.8 Å². The molecule has 31 heavy (non-hydrogen) atoms. The molecule has 3 aliphatic rings. The second kappa shape index (κ2) is 12.1. The molecular formula is C21H38N2O5S3. The van der Waals surface area contributed by atoms with Crippen LogP contribution in [0, 0.1) is 11.8 Å². The number of piperidine rings is 1. The Morgan fingerprint density at radius 3 is 2.52 bits per heavy atom. The summed E-state index contributed by atoms with van der Waals surface area (Å²) in [4.78, 5) is 13.1. The van der Waals surface area contributed by atoms with Crippen molar-refractivity contribution in [1.82, 2.24) is 10.6 Å². The number of rotatable bonds is 8. The monoisotopic (exact) mass is 494 g/mol. The normalized spacial score (nSPS) is 38.4. The zero-order valence-electron chi connectivity index (χ0n) is 18.6. The topological polar surface area (TPSA) is 111 Å². The van der Waals surface area contributed by atoms with Crippen LogP contribution < -0.4 is 10.6 Å². The van der Waals surface area contributed by atoms with Crippen molar-refractivity contribution in [3.8, 4) is 0 Å². The highest BCUT2D eigenvalue weighted by Crippen LogP contribution is 2.37. The van der Waals surface area contributed by atoms with E-state index in [4.69, 9.17) is 4.74 Å². The summed E-state index contributed by atoms with van der Waals surface area (Å²) in [5, 5.41) is 37.4.